The number of benzene rings is 1. The SMILES string of the molecule is COc1ccc(OC)c(C(O)COCC2CCOCC2)c1. The first-order valence-corrected chi connectivity index (χ1v) is 7.30. The third kappa shape index (κ3) is 4.59. The van der Waals surface area contributed by atoms with Crippen molar-refractivity contribution in [2.45, 2.75) is 18.9 Å². The van der Waals surface area contributed by atoms with Crippen molar-refractivity contribution in [1.82, 2.24) is 0 Å². The molecule has 0 spiro atoms. The highest BCUT2D eigenvalue weighted by molar-refractivity contribution is 5.41. The molecule has 1 aromatic carbocycles. The summed E-state index contributed by atoms with van der Waals surface area (Å²) in [4.78, 5) is 0. The highest BCUT2D eigenvalue weighted by Crippen LogP contribution is 2.29. The molecule has 5 nitrogen and oxygen atoms in total. The Bertz CT molecular complexity index is 429. The van der Waals surface area contributed by atoms with Gasteiger partial charge in [-0.05, 0) is 37.0 Å². The lowest BCUT2D eigenvalue weighted by Gasteiger charge is -2.23. The van der Waals surface area contributed by atoms with Gasteiger partial charge in [0.25, 0.3) is 0 Å². The molecular weight excluding hydrogens is 272 g/mol. The van der Waals surface area contributed by atoms with Gasteiger partial charge in [0.15, 0.2) is 0 Å². The standard InChI is InChI=1S/C16H24O5/c1-18-13-3-4-16(19-2)14(9-13)15(17)11-21-10-12-5-7-20-8-6-12/h3-4,9,12,15,17H,5-8,10-11H2,1-2H3. The van der Waals surface area contributed by atoms with Crippen LogP contribution in [0.3, 0.4) is 0 Å². The fourth-order valence-electron chi connectivity index (χ4n) is 2.45. The number of aliphatic hydroxyl groups excluding tert-OH is 1. The molecule has 0 radical (unpaired) electrons. The Labute approximate surface area is 125 Å². The van der Waals surface area contributed by atoms with E-state index < -0.39 is 6.10 Å². The summed E-state index contributed by atoms with van der Waals surface area (Å²) in [5.74, 6) is 1.85. The van der Waals surface area contributed by atoms with Crippen LogP contribution in [0.5, 0.6) is 11.5 Å². The van der Waals surface area contributed by atoms with Gasteiger partial charge in [0.05, 0.1) is 20.8 Å². The van der Waals surface area contributed by atoms with Crippen molar-refractivity contribution < 1.29 is 24.1 Å². The molecule has 0 aliphatic carbocycles. The molecule has 0 aromatic heterocycles. The second-order valence-electron chi connectivity index (χ2n) is 5.22. The maximum atomic E-state index is 10.3. The van der Waals surface area contributed by atoms with E-state index in [2.05, 4.69) is 0 Å². The topological polar surface area (TPSA) is 57.2 Å². The van der Waals surface area contributed by atoms with Crippen molar-refractivity contribution >= 4 is 0 Å². The number of methoxy groups -OCH3 is 2. The first-order chi connectivity index (χ1) is 10.2. The van der Waals surface area contributed by atoms with Gasteiger partial charge in [-0.2, -0.15) is 0 Å². The molecule has 1 aliphatic rings. The molecule has 2 rings (SSSR count). The van der Waals surface area contributed by atoms with Gasteiger partial charge < -0.3 is 24.1 Å². The number of aliphatic hydroxyl groups is 1. The molecule has 1 unspecified atom stereocenters. The molecule has 0 saturated carbocycles. The van der Waals surface area contributed by atoms with E-state index in [-0.39, 0.29) is 6.61 Å². The van der Waals surface area contributed by atoms with Crippen LogP contribution in [0.25, 0.3) is 0 Å². The van der Waals surface area contributed by atoms with E-state index in [4.69, 9.17) is 18.9 Å². The minimum atomic E-state index is -0.727. The molecule has 0 amide bonds. The third-order valence-electron chi connectivity index (χ3n) is 3.77. The van der Waals surface area contributed by atoms with Crippen molar-refractivity contribution in [1.29, 1.82) is 0 Å². The molecule has 5 heteroatoms. The van der Waals surface area contributed by atoms with Crippen LogP contribution in [-0.4, -0.2) is 45.8 Å². The molecule has 118 valence electrons. The maximum Gasteiger partial charge on any atom is 0.125 e. The molecule has 1 heterocycles. The summed E-state index contributed by atoms with van der Waals surface area (Å²) in [5.41, 5.74) is 0.684. The second-order valence-corrected chi connectivity index (χ2v) is 5.22. The van der Waals surface area contributed by atoms with Crippen LogP contribution in [0.4, 0.5) is 0 Å². The maximum absolute atomic E-state index is 10.3. The van der Waals surface area contributed by atoms with E-state index >= 15 is 0 Å². The van der Waals surface area contributed by atoms with E-state index in [1.807, 2.05) is 0 Å². The monoisotopic (exact) mass is 296 g/mol. The minimum Gasteiger partial charge on any atom is -0.497 e. The largest absolute Gasteiger partial charge is 0.497 e. The molecule has 0 bridgehead atoms. The highest BCUT2D eigenvalue weighted by atomic mass is 16.5. The van der Waals surface area contributed by atoms with Gasteiger partial charge in [0, 0.05) is 25.4 Å². The second kappa shape index (κ2) is 8.22. The molecule has 1 fully saturated rings. The van der Waals surface area contributed by atoms with Crippen molar-refractivity contribution in [3.8, 4) is 11.5 Å². The van der Waals surface area contributed by atoms with Gasteiger partial charge in [-0.15, -0.1) is 0 Å². The smallest absolute Gasteiger partial charge is 0.125 e. The number of ether oxygens (including phenoxy) is 4. The van der Waals surface area contributed by atoms with Crippen LogP contribution < -0.4 is 9.47 Å². The highest BCUT2D eigenvalue weighted by Gasteiger charge is 2.17. The molecule has 1 saturated heterocycles. The fraction of sp³-hybridized carbons (Fsp3) is 0.625. The summed E-state index contributed by atoms with van der Waals surface area (Å²) in [5, 5.41) is 10.3. The molecular formula is C16H24O5. The van der Waals surface area contributed by atoms with Crippen LogP contribution in [0, 0.1) is 5.92 Å². The van der Waals surface area contributed by atoms with Gasteiger partial charge in [-0.1, -0.05) is 0 Å². The zero-order valence-corrected chi connectivity index (χ0v) is 12.7. The summed E-state index contributed by atoms with van der Waals surface area (Å²) in [6.45, 7) is 2.52. The minimum absolute atomic E-state index is 0.251. The van der Waals surface area contributed by atoms with E-state index in [1.165, 1.54) is 0 Å². The Kier molecular flexibility index (Phi) is 6.29. The third-order valence-corrected chi connectivity index (χ3v) is 3.77. The molecule has 1 N–H and O–H groups in total. The molecule has 1 aromatic rings. The van der Waals surface area contributed by atoms with Crippen LogP contribution >= 0.6 is 0 Å². The van der Waals surface area contributed by atoms with Gasteiger partial charge >= 0.3 is 0 Å². The van der Waals surface area contributed by atoms with Crippen LogP contribution in [0.15, 0.2) is 18.2 Å². The van der Waals surface area contributed by atoms with Crippen LogP contribution in [0.2, 0.25) is 0 Å². The quantitative estimate of drug-likeness (QED) is 0.836. The van der Waals surface area contributed by atoms with Gasteiger partial charge in [-0.25, -0.2) is 0 Å². The number of hydrogen-bond acceptors (Lipinski definition) is 5. The Morgan fingerprint density at radius 3 is 2.67 bits per heavy atom. The Morgan fingerprint density at radius 2 is 2.00 bits per heavy atom. The Balaban J connectivity index is 1.88. The van der Waals surface area contributed by atoms with Crippen molar-refractivity contribution in [2.75, 3.05) is 40.6 Å². The zero-order chi connectivity index (χ0) is 15.1. The van der Waals surface area contributed by atoms with E-state index in [1.54, 1.807) is 32.4 Å². The lowest BCUT2D eigenvalue weighted by Crippen LogP contribution is -2.21. The first-order valence-electron chi connectivity index (χ1n) is 7.30. The van der Waals surface area contributed by atoms with Crippen LogP contribution in [0.1, 0.15) is 24.5 Å². The van der Waals surface area contributed by atoms with Crippen molar-refractivity contribution in [2.24, 2.45) is 5.92 Å². The van der Waals surface area contributed by atoms with Crippen molar-refractivity contribution in [3.05, 3.63) is 23.8 Å². The first kappa shape index (κ1) is 16.1. The molecule has 1 atom stereocenters. The van der Waals surface area contributed by atoms with E-state index in [9.17, 15) is 5.11 Å². The summed E-state index contributed by atoms with van der Waals surface area (Å²) in [6, 6.07) is 5.37. The zero-order valence-electron chi connectivity index (χ0n) is 12.7. The Morgan fingerprint density at radius 1 is 1.24 bits per heavy atom. The normalized spacial score (nSPS) is 17.5. The predicted molar refractivity (Wildman–Crippen MR) is 78.9 cm³/mol. The van der Waals surface area contributed by atoms with Crippen LogP contribution in [-0.2, 0) is 9.47 Å². The average Bonchev–Trinajstić information content (AvgIpc) is 2.55. The van der Waals surface area contributed by atoms with Gasteiger partial charge in [0.2, 0.25) is 0 Å². The lowest BCUT2D eigenvalue weighted by molar-refractivity contribution is -0.0102. The number of hydrogen-bond donors (Lipinski definition) is 1. The Hall–Kier alpha value is -1.30. The lowest BCUT2D eigenvalue weighted by atomic mass is 10.0. The summed E-state index contributed by atoms with van der Waals surface area (Å²) < 4.78 is 21.4. The molecule has 21 heavy (non-hydrogen) atoms. The van der Waals surface area contributed by atoms with E-state index in [0.29, 0.717) is 29.6 Å². The fourth-order valence-corrected chi connectivity index (χ4v) is 2.45. The number of rotatable bonds is 7. The van der Waals surface area contributed by atoms with E-state index in [0.717, 1.165) is 26.1 Å². The summed E-state index contributed by atoms with van der Waals surface area (Å²) >= 11 is 0. The summed E-state index contributed by atoms with van der Waals surface area (Å²) in [7, 11) is 3.18. The predicted octanol–water partition coefficient (Wildman–Crippen LogP) is 2.18. The average molecular weight is 296 g/mol. The van der Waals surface area contributed by atoms with Gasteiger partial charge in [-0.3, -0.25) is 0 Å². The van der Waals surface area contributed by atoms with Gasteiger partial charge in [0.1, 0.15) is 17.6 Å². The molecule has 1 aliphatic heterocycles. The summed E-state index contributed by atoms with van der Waals surface area (Å²) in [6.07, 6.45) is 1.33. The van der Waals surface area contributed by atoms with Crippen molar-refractivity contribution in [3.63, 3.8) is 0 Å².